The Morgan fingerprint density at radius 2 is 1.83 bits per heavy atom. The molecule has 1 aromatic heterocycles. The molecule has 2 aromatic carbocycles. The van der Waals surface area contributed by atoms with Gasteiger partial charge in [-0.3, -0.25) is 15.0 Å². The van der Waals surface area contributed by atoms with Crippen LogP contribution in [0.15, 0.2) is 66.7 Å². The fourth-order valence-electron chi connectivity index (χ4n) is 7.12. The monoisotopic (exact) mass is 711 g/mol. The number of carbonyl (C=O) groups is 4. The van der Waals surface area contributed by atoms with E-state index in [2.05, 4.69) is 10.7 Å². The van der Waals surface area contributed by atoms with Crippen LogP contribution in [0.3, 0.4) is 0 Å². The maximum absolute atomic E-state index is 14.4. The van der Waals surface area contributed by atoms with E-state index in [-0.39, 0.29) is 49.6 Å². The lowest BCUT2D eigenvalue weighted by atomic mass is 9.92. The van der Waals surface area contributed by atoms with Gasteiger partial charge in [0.05, 0.1) is 24.9 Å². The van der Waals surface area contributed by atoms with Gasteiger partial charge in [0, 0.05) is 48.4 Å². The number of hydrogen-bond donors (Lipinski definition) is 3. The Balaban J connectivity index is 1.34. The minimum Gasteiger partial charge on any atom is -0.497 e. The highest BCUT2D eigenvalue weighted by molar-refractivity contribution is 5.95. The number of nitrogens with one attached hydrogen (secondary N) is 2. The number of carbonyl (C=O) groups excluding carboxylic acids is 3. The van der Waals surface area contributed by atoms with Gasteiger partial charge in [0.25, 0.3) is 0 Å². The van der Waals surface area contributed by atoms with Crippen molar-refractivity contribution in [2.45, 2.75) is 89.8 Å². The summed E-state index contributed by atoms with van der Waals surface area (Å²) in [5, 5.41) is 15.1. The summed E-state index contributed by atoms with van der Waals surface area (Å²) in [7, 11) is 1.59. The molecule has 0 radical (unpaired) electrons. The van der Waals surface area contributed by atoms with Gasteiger partial charge in [0.1, 0.15) is 29.2 Å². The number of methoxy groups -OCH3 is 1. The van der Waals surface area contributed by atoms with Crippen molar-refractivity contribution in [3.63, 3.8) is 0 Å². The molecule has 12 heteroatoms. The number of rotatable bonds is 7. The van der Waals surface area contributed by atoms with Gasteiger partial charge in [0.2, 0.25) is 11.8 Å². The molecule has 6 rings (SSSR count). The number of allylic oxidation sites excluding steroid dienone is 1. The second kappa shape index (κ2) is 15.2. The van der Waals surface area contributed by atoms with E-state index in [0.717, 1.165) is 36.6 Å². The summed E-state index contributed by atoms with van der Waals surface area (Å²) in [5.74, 6) is -1.16. The molecule has 1 aliphatic carbocycles. The summed E-state index contributed by atoms with van der Waals surface area (Å²) in [4.78, 5) is 60.6. The van der Waals surface area contributed by atoms with E-state index in [9.17, 15) is 24.3 Å². The first-order chi connectivity index (χ1) is 24.9. The highest BCUT2D eigenvalue weighted by Gasteiger charge is 2.61. The Morgan fingerprint density at radius 1 is 1.06 bits per heavy atom. The third kappa shape index (κ3) is 8.32. The van der Waals surface area contributed by atoms with Crippen molar-refractivity contribution in [3.8, 4) is 22.8 Å². The van der Waals surface area contributed by atoms with E-state index in [1.165, 1.54) is 9.91 Å². The van der Waals surface area contributed by atoms with Crippen LogP contribution in [0.2, 0.25) is 0 Å². The Kier molecular flexibility index (Phi) is 10.7. The first kappa shape index (κ1) is 36.7. The Labute approximate surface area is 304 Å². The van der Waals surface area contributed by atoms with Crippen molar-refractivity contribution >= 4 is 34.7 Å². The predicted molar refractivity (Wildman–Crippen MR) is 196 cm³/mol. The van der Waals surface area contributed by atoms with Gasteiger partial charge in [-0.25, -0.2) is 19.6 Å². The highest BCUT2D eigenvalue weighted by atomic mass is 16.5. The van der Waals surface area contributed by atoms with Crippen LogP contribution in [0.25, 0.3) is 22.2 Å². The number of aliphatic carboxylic acids is 1. The van der Waals surface area contributed by atoms with Gasteiger partial charge in [0.15, 0.2) is 0 Å². The molecule has 3 heterocycles. The Hall–Kier alpha value is -5.13. The van der Waals surface area contributed by atoms with Crippen LogP contribution in [-0.4, -0.2) is 81.7 Å². The molecule has 3 aliphatic rings. The summed E-state index contributed by atoms with van der Waals surface area (Å²) in [6.07, 6.45) is 7.97. The molecule has 52 heavy (non-hydrogen) atoms. The van der Waals surface area contributed by atoms with Gasteiger partial charge >= 0.3 is 12.0 Å². The van der Waals surface area contributed by atoms with Gasteiger partial charge in [-0.2, -0.15) is 0 Å². The molecule has 1 saturated heterocycles. The molecule has 12 nitrogen and oxygen atoms in total. The number of hydrazine groups is 1. The SMILES string of the molecule is COc1ccc2c(O[C@@H]3C[C@H]4C(=O)N[C@]5(C(=O)O)C[C@H]5/C=C\CCCCCCN(NC(=O)CC(C)(C)C)C(=O)N4C3)cc(-c3ccccc3)nc2c1. The number of carboxylic acid groups (broad SMARTS) is 1. The second-order valence-electron chi connectivity index (χ2n) is 15.3. The number of benzene rings is 2. The maximum atomic E-state index is 14.4. The number of urea groups is 1. The molecule has 0 bridgehead atoms. The number of fused-ring (bicyclic) bond motifs is 3. The molecule has 276 valence electrons. The number of pyridine rings is 1. The van der Waals surface area contributed by atoms with Crippen LogP contribution >= 0.6 is 0 Å². The lowest BCUT2D eigenvalue weighted by Crippen LogP contribution is -2.58. The van der Waals surface area contributed by atoms with Crippen molar-refractivity contribution in [2.75, 3.05) is 20.2 Å². The zero-order chi connectivity index (χ0) is 37.0. The van der Waals surface area contributed by atoms with Crippen LogP contribution in [-0.2, 0) is 14.4 Å². The zero-order valence-corrected chi connectivity index (χ0v) is 30.4. The third-order valence-corrected chi connectivity index (χ3v) is 9.95. The molecule has 0 spiro atoms. The summed E-state index contributed by atoms with van der Waals surface area (Å²) >= 11 is 0. The number of carboxylic acids is 1. The number of nitrogens with zero attached hydrogens (tertiary/aromatic N) is 3. The normalized spacial score (nSPS) is 24.7. The molecule has 1 saturated carbocycles. The Bertz CT molecular complexity index is 1840. The summed E-state index contributed by atoms with van der Waals surface area (Å²) < 4.78 is 12.2. The van der Waals surface area contributed by atoms with Gasteiger partial charge in [-0.15, -0.1) is 0 Å². The van der Waals surface area contributed by atoms with E-state index in [1.807, 2.05) is 87.5 Å². The van der Waals surface area contributed by atoms with Crippen LogP contribution in [0.1, 0.15) is 72.1 Å². The average molecular weight is 712 g/mol. The van der Waals surface area contributed by atoms with Crippen molar-refractivity contribution in [1.29, 1.82) is 0 Å². The third-order valence-electron chi connectivity index (χ3n) is 9.95. The van der Waals surface area contributed by atoms with E-state index < -0.39 is 35.6 Å². The largest absolute Gasteiger partial charge is 0.497 e. The van der Waals surface area contributed by atoms with Gasteiger partial charge in [-0.05, 0) is 43.2 Å². The number of ether oxygens (including phenoxy) is 2. The fourth-order valence-corrected chi connectivity index (χ4v) is 7.12. The lowest BCUT2D eigenvalue weighted by molar-refractivity contribution is -0.144. The second-order valence-corrected chi connectivity index (χ2v) is 15.3. The highest BCUT2D eigenvalue weighted by Crippen LogP contribution is 2.45. The quantitative estimate of drug-likeness (QED) is 0.249. The number of amides is 4. The number of aromatic nitrogens is 1. The standard InChI is InChI=1S/C40H49N5O7/c1-39(2,3)24-35(46)43-45-19-13-8-6-5-7-12-16-27-23-40(27,37(48)49)42-36(47)33-21-29(25-44(33)38(45)50)52-34-22-31(26-14-10-9-11-15-26)41-32-20-28(51-4)17-18-30(32)34/h9-12,14-18,20,22,27,29,33H,5-8,13,19,21,23-25H2,1-4H3,(H,42,47)(H,43,46)(H,48,49)/b16-12-/t27-,29-,33+,40-/m1/s1. The van der Waals surface area contributed by atoms with E-state index in [1.54, 1.807) is 7.11 Å². The summed E-state index contributed by atoms with van der Waals surface area (Å²) in [5.41, 5.74) is 3.29. The van der Waals surface area contributed by atoms with E-state index >= 15 is 0 Å². The molecule has 4 amide bonds. The van der Waals surface area contributed by atoms with Crippen LogP contribution < -0.4 is 20.2 Å². The fraction of sp³-hybridized carbons (Fsp3) is 0.475. The van der Waals surface area contributed by atoms with Crippen LogP contribution in [0.5, 0.6) is 11.5 Å². The molecular formula is C40H49N5O7. The van der Waals surface area contributed by atoms with Crippen molar-refractivity contribution in [1.82, 2.24) is 25.6 Å². The molecule has 4 atom stereocenters. The van der Waals surface area contributed by atoms with Crippen LogP contribution in [0, 0.1) is 11.3 Å². The van der Waals surface area contributed by atoms with E-state index in [4.69, 9.17) is 14.5 Å². The smallest absolute Gasteiger partial charge is 0.339 e. The molecule has 0 unspecified atom stereocenters. The molecule has 3 N–H and O–H groups in total. The van der Waals surface area contributed by atoms with Crippen molar-refractivity contribution < 1.29 is 33.8 Å². The molecule has 3 aromatic rings. The zero-order valence-electron chi connectivity index (χ0n) is 30.4. The minimum atomic E-state index is -1.44. The average Bonchev–Trinajstić information content (AvgIpc) is 3.64. The minimum absolute atomic E-state index is 0.0343. The Morgan fingerprint density at radius 3 is 2.56 bits per heavy atom. The summed E-state index contributed by atoms with van der Waals surface area (Å²) in [6, 6.07) is 15.5. The van der Waals surface area contributed by atoms with Crippen molar-refractivity contribution in [2.24, 2.45) is 11.3 Å². The molecule has 2 fully saturated rings. The van der Waals surface area contributed by atoms with Gasteiger partial charge in [-0.1, -0.05) is 76.1 Å². The molecular weight excluding hydrogens is 662 g/mol. The first-order valence-corrected chi connectivity index (χ1v) is 18.2. The van der Waals surface area contributed by atoms with Crippen molar-refractivity contribution in [3.05, 3.63) is 66.7 Å². The topological polar surface area (TPSA) is 150 Å². The maximum Gasteiger partial charge on any atom is 0.339 e. The summed E-state index contributed by atoms with van der Waals surface area (Å²) in [6.45, 7) is 6.15. The van der Waals surface area contributed by atoms with Gasteiger partial charge < -0.3 is 24.8 Å². The van der Waals surface area contributed by atoms with Crippen LogP contribution in [0.4, 0.5) is 4.79 Å². The lowest BCUT2D eigenvalue weighted by Gasteiger charge is -2.32. The first-order valence-electron chi connectivity index (χ1n) is 18.2. The molecule has 2 aliphatic heterocycles. The number of hydrogen-bond acceptors (Lipinski definition) is 7. The predicted octanol–water partition coefficient (Wildman–Crippen LogP) is 6.10. The van der Waals surface area contributed by atoms with E-state index in [0.29, 0.717) is 29.1 Å².